The normalized spacial score (nSPS) is 19.3. The molecule has 2 aromatic carbocycles. The number of pyridine rings is 1. The van der Waals surface area contributed by atoms with Gasteiger partial charge in [-0.1, -0.05) is 24.0 Å². The Morgan fingerprint density at radius 3 is 2.73 bits per heavy atom. The number of hydrogen-bond donors (Lipinski definition) is 2. The average molecular weight is 513 g/mol. The molecule has 0 aliphatic carbocycles. The summed E-state index contributed by atoms with van der Waals surface area (Å²) in [6.07, 6.45) is -1.30. The Morgan fingerprint density at radius 2 is 1.97 bits per heavy atom. The number of methoxy groups -OCH3 is 1. The summed E-state index contributed by atoms with van der Waals surface area (Å²) in [6, 6.07) is 12.7. The van der Waals surface area contributed by atoms with Gasteiger partial charge < -0.3 is 14.9 Å². The molecule has 1 saturated heterocycles. The lowest BCUT2D eigenvalue weighted by Crippen LogP contribution is -2.42. The lowest BCUT2D eigenvalue weighted by Gasteiger charge is -2.37. The number of halogens is 3. The molecule has 0 spiro atoms. The Labute approximate surface area is 214 Å². The highest BCUT2D eigenvalue weighted by Gasteiger charge is 2.33. The Bertz CT molecular complexity index is 1270. The van der Waals surface area contributed by atoms with Gasteiger partial charge in [0, 0.05) is 30.3 Å². The third-order valence-corrected chi connectivity index (χ3v) is 7.12. The molecule has 4 rings (SSSR count). The highest BCUT2D eigenvalue weighted by Crippen LogP contribution is 2.34. The summed E-state index contributed by atoms with van der Waals surface area (Å²) in [5.41, 5.74) is 0.835. The minimum Gasteiger partial charge on any atom is -0.497 e. The Morgan fingerprint density at radius 1 is 1.16 bits per heavy atom. The number of rotatable bonds is 7. The molecule has 0 amide bonds. The third kappa shape index (κ3) is 6.61. The van der Waals surface area contributed by atoms with E-state index in [1.54, 1.807) is 19.4 Å². The van der Waals surface area contributed by atoms with Gasteiger partial charge >= 0.3 is 6.18 Å². The Kier molecular flexibility index (Phi) is 8.70. The van der Waals surface area contributed by atoms with Crippen molar-refractivity contribution >= 4 is 10.9 Å². The average Bonchev–Trinajstić information content (AvgIpc) is 2.91. The van der Waals surface area contributed by atoms with E-state index in [9.17, 15) is 23.4 Å². The molecule has 2 N–H and O–H groups in total. The maximum absolute atomic E-state index is 13.2. The van der Waals surface area contributed by atoms with Gasteiger partial charge in [0.25, 0.3) is 0 Å². The topological polar surface area (TPSA) is 65.8 Å². The fraction of sp³-hybridized carbons (Fsp3) is 0.414. The largest absolute Gasteiger partial charge is 0.497 e. The van der Waals surface area contributed by atoms with Gasteiger partial charge in [-0.2, -0.15) is 13.2 Å². The molecule has 8 heteroatoms. The van der Waals surface area contributed by atoms with Crippen molar-refractivity contribution in [1.82, 2.24) is 9.88 Å². The number of ether oxygens (including phenoxy) is 1. The molecule has 2 heterocycles. The van der Waals surface area contributed by atoms with Crippen molar-refractivity contribution in [3.8, 4) is 17.6 Å². The van der Waals surface area contributed by atoms with Gasteiger partial charge in [0.2, 0.25) is 0 Å². The summed E-state index contributed by atoms with van der Waals surface area (Å²) >= 11 is 0. The summed E-state index contributed by atoms with van der Waals surface area (Å²) in [5.74, 6) is 6.50. The quantitative estimate of drug-likeness (QED) is 0.434. The maximum atomic E-state index is 13.2. The van der Waals surface area contributed by atoms with Crippen LogP contribution in [-0.2, 0) is 6.18 Å². The third-order valence-electron chi connectivity index (χ3n) is 7.12. The van der Waals surface area contributed by atoms with Crippen LogP contribution in [0.4, 0.5) is 13.2 Å². The van der Waals surface area contributed by atoms with Gasteiger partial charge in [-0.3, -0.25) is 9.88 Å². The van der Waals surface area contributed by atoms with Crippen LogP contribution in [0.1, 0.15) is 42.1 Å². The van der Waals surface area contributed by atoms with E-state index in [4.69, 9.17) is 4.74 Å². The number of aromatic nitrogens is 1. The zero-order valence-electron chi connectivity index (χ0n) is 20.7. The van der Waals surface area contributed by atoms with Crippen LogP contribution in [0.5, 0.6) is 5.75 Å². The van der Waals surface area contributed by atoms with Crippen LogP contribution in [0.3, 0.4) is 0 Å². The van der Waals surface area contributed by atoms with Gasteiger partial charge in [0.1, 0.15) is 5.75 Å². The highest BCUT2D eigenvalue weighted by molar-refractivity contribution is 5.83. The van der Waals surface area contributed by atoms with Crippen LogP contribution in [0.2, 0.25) is 0 Å². The van der Waals surface area contributed by atoms with E-state index >= 15 is 0 Å². The van der Waals surface area contributed by atoms with E-state index in [1.165, 1.54) is 12.1 Å². The number of hydrogen-bond acceptors (Lipinski definition) is 5. The first-order valence-electron chi connectivity index (χ1n) is 12.4. The molecule has 196 valence electrons. The van der Waals surface area contributed by atoms with Gasteiger partial charge in [0.05, 0.1) is 30.8 Å². The van der Waals surface area contributed by atoms with E-state index in [0.29, 0.717) is 25.3 Å². The summed E-state index contributed by atoms with van der Waals surface area (Å²) in [6.45, 7) is 1.70. The van der Waals surface area contributed by atoms with E-state index in [-0.39, 0.29) is 24.0 Å². The van der Waals surface area contributed by atoms with Gasteiger partial charge in [-0.25, -0.2) is 0 Å². The molecule has 1 fully saturated rings. The standard InChI is InChI=1S/C29H31F3N2O3/c1-37-23-9-10-27-25(17-23)24(12-14-33-27)28(36)11-8-20-13-16-34(18-22(20)19-35)15-4-6-21-5-2-3-7-26(21)29(30,31)32/h2-3,5,7,9-10,12,14,17,20,22,28,35-36H,8,11,13,15-16,18-19H2,1H3/t20-,22-,28?/m1/s1. The molecule has 1 aliphatic heterocycles. The van der Waals surface area contributed by atoms with Crippen molar-refractivity contribution in [3.05, 3.63) is 71.4 Å². The fourth-order valence-corrected chi connectivity index (χ4v) is 5.06. The minimum atomic E-state index is -4.44. The molecular formula is C29H31F3N2O3. The molecule has 3 atom stereocenters. The van der Waals surface area contributed by atoms with E-state index in [2.05, 4.69) is 21.7 Å². The van der Waals surface area contributed by atoms with Gasteiger partial charge in [-0.15, -0.1) is 0 Å². The van der Waals surface area contributed by atoms with E-state index < -0.39 is 17.8 Å². The lowest BCUT2D eigenvalue weighted by atomic mass is 9.81. The second-order valence-electron chi connectivity index (χ2n) is 9.45. The zero-order valence-corrected chi connectivity index (χ0v) is 20.7. The molecule has 3 aromatic rings. The number of aliphatic hydroxyl groups is 2. The van der Waals surface area contributed by atoms with Crippen LogP contribution in [0, 0.1) is 23.7 Å². The predicted octanol–water partition coefficient (Wildman–Crippen LogP) is 5.06. The first-order chi connectivity index (χ1) is 17.8. The number of nitrogens with zero attached hydrogens (tertiary/aromatic N) is 2. The van der Waals surface area contributed by atoms with E-state index in [1.807, 2.05) is 24.3 Å². The number of fused-ring (bicyclic) bond motifs is 1. The first-order valence-corrected chi connectivity index (χ1v) is 12.4. The molecule has 0 saturated carbocycles. The summed E-state index contributed by atoms with van der Waals surface area (Å²) in [5, 5.41) is 21.9. The number of alkyl halides is 3. The summed E-state index contributed by atoms with van der Waals surface area (Å²) in [7, 11) is 1.60. The highest BCUT2D eigenvalue weighted by atomic mass is 19.4. The van der Waals surface area contributed by atoms with Crippen LogP contribution < -0.4 is 4.74 Å². The van der Waals surface area contributed by atoms with Crippen molar-refractivity contribution in [3.63, 3.8) is 0 Å². The smallest absolute Gasteiger partial charge is 0.417 e. The summed E-state index contributed by atoms with van der Waals surface area (Å²) < 4.78 is 44.9. The van der Waals surface area contributed by atoms with Crippen molar-refractivity contribution in [1.29, 1.82) is 0 Å². The molecule has 0 radical (unpaired) electrons. The Balaban J connectivity index is 1.35. The molecule has 5 nitrogen and oxygen atoms in total. The number of likely N-dealkylation sites (tertiary alicyclic amines) is 1. The zero-order chi connectivity index (χ0) is 26.4. The lowest BCUT2D eigenvalue weighted by molar-refractivity contribution is -0.137. The number of aliphatic hydroxyl groups excluding tert-OH is 2. The predicted molar refractivity (Wildman–Crippen MR) is 136 cm³/mol. The minimum absolute atomic E-state index is 0.0109. The number of benzene rings is 2. The monoisotopic (exact) mass is 512 g/mol. The molecular weight excluding hydrogens is 481 g/mol. The van der Waals surface area contributed by atoms with Gasteiger partial charge in [-0.05, 0) is 79.6 Å². The SMILES string of the molecule is COc1ccc2nccc(C(O)CC[C@@H]3CCN(CC#Cc4ccccc4C(F)(F)F)C[C@@H]3CO)c2c1. The van der Waals surface area contributed by atoms with Crippen LogP contribution in [-0.4, -0.2) is 53.4 Å². The first kappa shape index (κ1) is 26.9. The number of piperidine rings is 1. The van der Waals surface area contributed by atoms with Gasteiger partial charge in [0.15, 0.2) is 0 Å². The fourth-order valence-electron chi connectivity index (χ4n) is 5.06. The second kappa shape index (κ2) is 12.0. The van der Waals surface area contributed by atoms with Crippen molar-refractivity contribution in [2.24, 2.45) is 11.8 Å². The van der Waals surface area contributed by atoms with Crippen molar-refractivity contribution in [2.45, 2.75) is 31.5 Å². The molecule has 1 unspecified atom stereocenters. The maximum Gasteiger partial charge on any atom is 0.417 e. The molecule has 1 aliphatic rings. The van der Waals surface area contributed by atoms with E-state index in [0.717, 1.165) is 41.9 Å². The van der Waals surface area contributed by atoms with Crippen LogP contribution in [0.25, 0.3) is 10.9 Å². The Hall–Kier alpha value is -3.12. The van der Waals surface area contributed by atoms with Crippen molar-refractivity contribution < 1.29 is 28.1 Å². The molecule has 1 aromatic heterocycles. The van der Waals surface area contributed by atoms with Crippen LogP contribution in [0.15, 0.2) is 54.7 Å². The molecule has 0 bridgehead atoms. The summed E-state index contributed by atoms with van der Waals surface area (Å²) in [4.78, 5) is 6.44. The van der Waals surface area contributed by atoms with Crippen LogP contribution >= 0.6 is 0 Å². The van der Waals surface area contributed by atoms with Crippen molar-refractivity contribution in [2.75, 3.05) is 33.4 Å². The molecule has 37 heavy (non-hydrogen) atoms. The second-order valence-corrected chi connectivity index (χ2v) is 9.45.